The number of carboxylic acids is 1. The molecule has 0 aromatic heterocycles. The van der Waals surface area contributed by atoms with Crippen molar-refractivity contribution in [1.82, 2.24) is 0 Å². The summed E-state index contributed by atoms with van der Waals surface area (Å²) in [6, 6.07) is 0. The van der Waals surface area contributed by atoms with Crippen molar-refractivity contribution in [2.75, 3.05) is 0 Å². The van der Waals surface area contributed by atoms with E-state index in [1.807, 2.05) is 20.8 Å². The van der Waals surface area contributed by atoms with Crippen LogP contribution in [0.4, 0.5) is 0 Å². The van der Waals surface area contributed by atoms with Crippen molar-refractivity contribution in [3.05, 3.63) is 0 Å². The molecular weight excluding hydrogens is 204 g/mol. The summed E-state index contributed by atoms with van der Waals surface area (Å²) in [5, 5.41) is 19.7. The molecule has 0 aliphatic heterocycles. The van der Waals surface area contributed by atoms with Crippen molar-refractivity contribution in [3.8, 4) is 0 Å². The lowest BCUT2D eigenvalue weighted by Gasteiger charge is -2.33. The predicted octanol–water partition coefficient (Wildman–Crippen LogP) is 3.21. The van der Waals surface area contributed by atoms with Crippen LogP contribution < -0.4 is 0 Å². The molecule has 16 heavy (non-hydrogen) atoms. The van der Waals surface area contributed by atoms with Crippen LogP contribution in [-0.2, 0) is 4.79 Å². The SMILES string of the molecule is CCCCC(C(=O)O)C(O)(CCC)CCC. The Morgan fingerprint density at radius 1 is 1.12 bits per heavy atom. The Bertz CT molecular complexity index is 195. The predicted molar refractivity (Wildman–Crippen MR) is 65.4 cm³/mol. The summed E-state index contributed by atoms with van der Waals surface area (Å²) >= 11 is 0. The van der Waals surface area contributed by atoms with Gasteiger partial charge in [-0.2, -0.15) is 0 Å². The molecule has 3 heteroatoms. The Morgan fingerprint density at radius 2 is 1.62 bits per heavy atom. The van der Waals surface area contributed by atoms with Crippen LogP contribution in [0.2, 0.25) is 0 Å². The summed E-state index contributed by atoms with van der Waals surface area (Å²) < 4.78 is 0. The van der Waals surface area contributed by atoms with Crippen LogP contribution in [0.1, 0.15) is 65.7 Å². The zero-order valence-corrected chi connectivity index (χ0v) is 10.8. The van der Waals surface area contributed by atoms with Crippen LogP contribution in [0.3, 0.4) is 0 Å². The van der Waals surface area contributed by atoms with Gasteiger partial charge in [0, 0.05) is 0 Å². The summed E-state index contributed by atoms with van der Waals surface area (Å²) in [4.78, 5) is 11.2. The molecule has 2 N–H and O–H groups in total. The number of aliphatic hydroxyl groups is 1. The van der Waals surface area contributed by atoms with Gasteiger partial charge in [-0.3, -0.25) is 4.79 Å². The zero-order chi connectivity index (χ0) is 12.6. The van der Waals surface area contributed by atoms with Gasteiger partial charge in [-0.05, 0) is 19.3 Å². The highest BCUT2D eigenvalue weighted by Gasteiger charge is 2.39. The normalized spacial score (nSPS) is 13.8. The van der Waals surface area contributed by atoms with Gasteiger partial charge in [-0.1, -0.05) is 46.5 Å². The maximum Gasteiger partial charge on any atom is 0.309 e. The topological polar surface area (TPSA) is 57.5 Å². The summed E-state index contributed by atoms with van der Waals surface area (Å²) in [5.41, 5.74) is -1.01. The highest BCUT2D eigenvalue weighted by Crippen LogP contribution is 2.32. The molecule has 0 aromatic carbocycles. The van der Waals surface area contributed by atoms with Crippen LogP contribution in [0.25, 0.3) is 0 Å². The van der Waals surface area contributed by atoms with E-state index in [0.717, 1.165) is 25.7 Å². The average molecular weight is 230 g/mol. The largest absolute Gasteiger partial charge is 0.481 e. The van der Waals surface area contributed by atoms with E-state index >= 15 is 0 Å². The fourth-order valence-electron chi connectivity index (χ4n) is 2.37. The lowest BCUT2D eigenvalue weighted by molar-refractivity contribution is -0.154. The van der Waals surface area contributed by atoms with E-state index in [1.54, 1.807) is 0 Å². The second-order valence-electron chi connectivity index (χ2n) is 4.64. The van der Waals surface area contributed by atoms with Gasteiger partial charge in [0.2, 0.25) is 0 Å². The van der Waals surface area contributed by atoms with Crippen LogP contribution in [0, 0.1) is 5.92 Å². The van der Waals surface area contributed by atoms with Crippen molar-refractivity contribution < 1.29 is 15.0 Å². The van der Waals surface area contributed by atoms with E-state index in [1.165, 1.54) is 0 Å². The minimum absolute atomic E-state index is 0.585. The second kappa shape index (κ2) is 7.66. The Balaban J connectivity index is 4.70. The molecule has 3 nitrogen and oxygen atoms in total. The standard InChI is InChI=1S/C13H26O3/c1-4-7-8-11(12(14)15)13(16,9-5-2)10-6-3/h11,16H,4-10H2,1-3H3,(H,14,15). The molecule has 0 saturated carbocycles. The number of unbranched alkanes of at least 4 members (excludes halogenated alkanes) is 1. The Morgan fingerprint density at radius 3 is 1.94 bits per heavy atom. The summed E-state index contributed by atoms with van der Waals surface area (Å²) in [7, 11) is 0. The van der Waals surface area contributed by atoms with Gasteiger partial charge in [-0.25, -0.2) is 0 Å². The van der Waals surface area contributed by atoms with Gasteiger partial charge in [0.25, 0.3) is 0 Å². The smallest absolute Gasteiger partial charge is 0.309 e. The number of carboxylic acid groups (broad SMARTS) is 1. The second-order valence-corrected chi connectivity index (χ2v) is 4.64. The van der Waals surface area contributed by atoms with E-state index < -0.39 is 17.5 Å². The van der Waals surface area contributed by atoms with Crippen LogP contribution in [0.15, 0.2) is 0 Å². The molecule has 0 aromatic rings. The first-order valence-corrected chi connectivity index (χ1v) is 6.47. The lowest BCUT2D eigenvalue weighted by Crippen LogP contribution is -2.42. The first-order chi connectivity index (χ1) is 7.51. The third kappa shape index (κ3) is 4.52. The minimum Gasteiger partial charge on any atom is -0.481 e. The molecule has 0 heterocycles. The molecule has 0 fully saturated rings. The lowest BCUT2D eigenvalue weighted by atomic mass is 9.77. The molecule has 0 saturated heterocycles. The fraction of sp³-hybridized carbons (Fsp3) is 0.923. The maximum absolute atomic E-state index is 11.2. The minimum atomic E-state index is -1.01. The van der Waals surface area contributed by atoms with Crippen molar-refractivity contribution in [3.63, 3.8) is 0 Å². The van der Waals surface area contributed by atoms with E-state index in [9.17, 15) is 15.0 Å². The monoisotopic (exact) mass is 230 g/mol. The van der Waals surface area contributed by atoms with E-state index in [2.05, 4.69) is 0 Å². The van der Waals surface area contributed by atoms with E-state index in [-0.39, 0.29) is 0 Å². The third-order valence-corrected chi connectivity index (χ3v) is 3.16. The number of carbonyl (C=O) groups is 1. The third-order valence-electron chi connectivity index (χ3n) is 3.16. The van der Waals surface area contributed by atoms with Gasteiger partial charge in [-0.15, -0.1) is 0 Å². The molecule has 96 valence electrons. The highest BCUT2D eigenvalue weighted by atomic mass is 16.4. The quantitative estimate of drug-likeness (QED) is 0.639. The molecule has 0 rings (SSSR count). The first kappa shape index (κ1) is 15.4. The average Bonchev–Trinajstić information content (AvgIpc) is 2.18. The maximum atomic E-state index is 11.2. The highest BCUT2D eigenvalue weighted by molar-refractivity contribution is 5.71. The van der Waals surface area contributed by atoms with Gasteiger partial charge in [0.1, 0.15) is 0 Å². The molecule has 0 spiro atoms. The van der Waals surface area contributed by atoms with Gasteiger partial charge >= 0.3 is 5.97 Å². The Labute approximate surface area is 98.9 Å². The van der Waals surface area contributed by atoms with E-state index in [4.69, 9.17) is 0 Å². The van der Waals surface area contributed by atoms with Gasteiger partial charge in [0.05, 0.1) is 11.5 Å². The van der Waals surface area contributed by atoms with Crippen LogP contribution in [-0.4, -0.2) is 21.8 Å². The summed E-state index contributed by atoms with van der Waals surface area (Å²) in [6.07, 6.45) is 5.25. The van der Waals surface area contributed by atoms with Crippen LogP contribution >= 0.6 is 0 Å². The number of hydrogen-bond donors (Lipinski definition) is 2. The number of hydrogen-bond acceptors (Lipinski definition) is 2. The van der Waals surface area contributed by atoms with Crippen molar-refractivity contribution in [2.24, 2.45) is 5.92 Å². The molecule has 0 amide bonds. The molecule has 0 radical (unpaired) electrons. The van der Waals surface area contributed by atoms with Gasteiger partial charge in [0.15, 0.2) is 0 Å². The van der Waals surface area contributed by atoms with Crippen molar-refractivity contribution in [2.45, 2.75) is 71.3 Å². The number of rotatable bonds is 9. The fourth-order valence-corrected chi connectivity index (χ4v) is 2.37. The first-order valence-electron chi connectivity index (χ1n) is 6.47. The Hall–Kier alpha value is -0.570. The molecule has 1 atom stereocenters. The summed E-state index contributed by atoms with van der Waals surface area (Å²) in [5.74, 6) is -1.45. The molecular formula is C13H26O3. The number of aliphatic carboxylic acids is 1. The Kier molecular flexibility index (Phi) is 7.39. The van der Waals surface area contributed by atoms with E-state index in [0.29, 0.717) is 19.3 Å². The van der Waals surface area contributed by atoms with Crippen molar-refractivity contribution >= 4 is 5.97 Å². The van der Waals surface area contributed by atoms with Gasteiger partial charge < -0.3 is 10.2 Å². The molecule has 0 bridgehead atoms. The molecule has 0 aliphatic carbocycles. The van der Waals surface area contributed by atoms with Crippen molar-refractivity contribution in [1.29, 1.82) is 0 Å². The summed E-state index contributed by atoms with van der Waals surface area (Å²) in [6.45, 7) is 6.01. The molecule has 0 aliphatic rings. The van der Waals surface area contributed by atoms with Crippen LogP contribution in [0.5, 0.6) is 0 Å². The molecule has 1 unspecified atom stereocenters. The zero-order valence-electron chi connectivity index (χ0n) is 10.8.